The average molecular weight is 445 g/mol. The molecule has 2 aliphatic carbocycles. The predicted molar refractivity (Wildman–Crippen MR) is 119 cm³/mol. The molecule has 31 heavy (non-hydrogen) atoms. The van der Waals surface area contributed by atoms with Crippen LogP contribution < -0.4 is 15.4 Å². The Bertz CT molecular complexity index is 887. The summed E-state index contributed by atoms with van der Waals surface area (Å²) in [5.74, 6) is 0.335. The molecule has 8 nitrogen and oxygen atoms in total. The average Bonchev–Trinajstić information content (AvgIpc) is 3.47. The van der Waals surface area contributed by atoms with Crippen molar-refractivity contribution >= 4 is 33.5 Å². The number of methoxy groups -OCH3 is 1. The number of hydrogen-bond donors (Lipinski definition) is 2. The summed E-state index contributed by atoms with van der Waals surface area (Å²) in [4.78, 5) is 24.2. The maximum Gasteiger partial charge on any atom is 0.308 e. The molecular weight excluding hydrogens is 416 g/mol. The van der Waals surface area contributed by atoms with Gasteiger partial charge in [-0.1, -0.05) is 24.2 Å². The summed E-state index contributed by atoms with van der Waals surface area (Å²) in [6.45, 7) is 0. The number of rotatable bonds is 7. The number of carbonyl (C=O) groups is 2. The van der Waals surface area contributed by atoms with Crippen molar-refractivity contribution < 1.29 is 19.1 Å². The largest absolute Gasteiger partial charge is 0.490 e. The summed E-state index contributed by atoms with van der Waals surface area (Å²) in [5.41, 5.74) is 0.530. The highest BCUT2D eigenvalue weighted by Gasteiger charge is 2.27. The Hall–Kier alpha value is -2.68. The van der Waals surface area contributed by atoms with Crippen LogP contribution in [0, 0.1) is 5.92 Å². The number of nitrogens with zero attached hydrogens (tertiary/aromatic N) is 2. The minimum Gasteiger partial charge on any atom is -0.490 e. The fourth-order valence-corrected chi connectivity index (χ4v) is 4.92. The van der Waals surface area contributed by atoms with Gasteiger partial charge in [-0.25, -0.2) is 0 Å². The molecule has 0 aliphatic heterocycles. The van der Waals surface area contributed by atoms with Gasteiger partial charge in [-0.2, -0.15) is 0 Å². The van der Waals surface area contributed by atoms with Gasteiger partial charge >= 0.3 is 5.97 Å². The lowest BCUT2D eigenvalue weighted by Gasteiger charge is -2.27. The molecule has 2 N–H and O–H groups in total. The third-order valence-corrected chi connectivity index (χ3v) is 6.73. The van der Waals surface area contributed by atoms with Crippen molar-refractivity contribution in [2.75, 3.05) is 17.7 Å². The molecule has 1 amide bonds. The molecule has 0 saturated heterocycles. The van der Waals surface area contributed by atoms with Gasteiger partial charge in [0, 0.05) is 11.6 Å². The third-order valence-electron chi connectivity index (χ3n) is 5.96. The van der Waals surface area contributed by atoms with Crippen molar-refractivity contribution in [1.82, 2.24) is 10.2 Å². The number of aromatic nitrogens is 2. The molecule has 2 saturated carbocycles. The first-order valence-corrected chi connectivity index (χ1v) is 11.7. The molecule has 4 rings (SSSR count). The van der Waals surface area contributed by atoms with Crippen LogP contribution in [0.3, 0.4) is 0 Å². The molecule has 2 aromatic rings. The number of anilines is 2. The summed E-state index contributed by atoms with van der Waals surface area (Å²) in [6, 6.07) is 7.54. The van der Waals surface area contributed by atoms with E-state index in [9.17, 15) is 9.59 Å². The van der Waals surface area contributed by atoms with Gasteiger partial charge in [0.15, 0.2) is 0 Å². The van der Waals surface area contributed by atoms with Gasteiger partial charge in [0.05, 0.1) is 19.1 Å². The highest BCUT2D eigenvalue weighted by Crippen LogP contribution is 2.29. The van der Waals surface area contributed by atoms with E-state index in [1.54, 1.807) is 24.3 Å². The lowest BCUT2D eigenvalue weighted by Crippen LogP contribution is -2.28. The molecule has 0 unspecified atom stereocenters. The molecular formula is C22H28N4O4S. The molecule has 1 aromatic heterocycles. The number of nitrogens with one attached hydrogen (secondary N) is 2. The van der Waals surface area contributed by atoms with Crippen LogP contribution in [0.4, 0.5) is 10.3 Å². The Morgan fingerprint density at radius 3 is 2.32 bits per heavy atom. The zero-order valence-corrected chi connectivity index (χ0v) is 18.5. The van der Waals surface area contributed by atoms with E-state index in [-0.39, 0.29) is 23.9 Å². The zero-order valence-electron chi connectivity index (χ0n) is 17.6. The number of ether oxygens (including phenoxy) is 2. The Balaban J connectivity index is 1.26. The van der Waals surface area contributed by atoms with Gasteiger partial charge in [0.2, 0.25) is 10.3 Å². The van der Waals surface area contributed by atoms with E-state index in [0.29, 0.717) is 16.7 Å². The Morgan fingerprint density at radius 2 is 1.65 bits per heavy atom. The first-order valence-electron chi connectivity index (χ1n) is 10.9. The molecule has 0 bridgehead atoms. The summed E-state index contributed by atoms with van der Waals surface area (Å²) in [6.07, 6.45) is 8.06. The molecule has 1 heterocycles. The standard InChI is InChI=1S/C22H28N4O4S/c1-29-20(28)15-8-12-18(13-9-15)30-17-10-6-14(7-11-17)19(27)24-22-26-25-21(31-22)23-16-4-2-3-5-16/h6-7,10-11,15-16,18H,2-5,8-9,12-13H2,1H3,(H,23,25)(H,24,26,27). The van der Waals surface area contributed by atoms with Gasteiger partial charge in [-0.3, -0.25) is 14.9 Å². The molecule has 1 aromatic carbocycles. The molecule has 0 spiro atoms. The minimum absolute atomic E-state index is 0.0230. The topological polar surface area (TPSA) is 102 Å². The highest BCUT2D eigenvalue weighted by atomic mass is 32.1. The van der Waals surface area contributed by atoms with Gasteiger partial charge in [0.1, 0.15) is 5.75 Å². The van der Waals surface area contributed by atoms with Gasteiger partial charge < -0.3 is 14.8 Å². The van der Waals surface area contributed by atoms with E-state index in [1.165, 1.54) is 31.3 Å². The van der Waals surface area contributed by atoms with E-state index >= 15 is 0 Å². The van der Waals surface area contributed by atoms with Crippen molar-refractivity contribution in [3.05, 3.63) is 29.8 Å². The highest BCUT2D eigenvalue weighted by molar-refractivity contribution is 7.19. The van der Waals surface area contributed by atoms with Crippen LogP contribution in [-0.4, -0.2) is 41.3 Å². The smallest absolute Gasteiger partial charge is 0.308 e. The second-order valence-electron chi connectivity index (χ2n) is 8.13. The first-order chi connectivity index (χ1) is 15.1. The van der Waals surface area contributed by atoms with Crippen LogP contribution in [0.15, 0.2) is 24.3 Å². The first kappa shape index (κ1) is 21.5. The van der Waals surface area contributed by atoms with Crippen molar-refractivity contribution in [3.63, 3.8) is 0 Å². The van der Waals surface area contributed by atoms with E-state index in [1.807, 2.05) is 0 Å². The van der Waals surface area contributed by atoms with Crippen LogP contribution in [0.2, 0.25) is 0 Å². The molecule has 2 aliphatic rings. The number of benzene rings is 1. The maximum absolute atomic E-state index is 12.5. The van der Waals surface area contributed by atoms with Crippen molar-refractivity contribution in [2.24, 2.45) is 5.92 Å². The summed E-state index contributed by atoms with van der Waals surface area (Å²) < 4.78 is 10.8. The molecule has 0 atom stereocenters. The lowest BCUT2D eigenvalue weighted by molar-refractivity contribution is -0.147. The number of amides is 1. The number of hydrogen-bond acceptors (Lipinski definition) is 8. The molecule has 0 radical (unpaired) electrons. The second-order valence-corrected chi connectivity index (χ2v) is 9.11. The van der Waals surface area contributed by atoms with Crippen molar-refractivity contribution in [3.8, 4) is 5.75 Å². The van der Waals surface area contributed by atoms with Gasteiger partial charge in [-0.05, 0) is 62.8 Å². The molecule has 166 valence electrons. The van der Waals surface area contributed by atoms with E-state index < -0.39 is 0 Å². The third kappa shape index (κ3) is 5.72. The Morgan fingerprint density at radius 1 is 0.968 bits per heavy atom. The normalized spacial score (nSPS) is 21.5. The second kappa shape index (κ2) is 10.1. The van der Waals surface area contributed by atoms with E-state index in [2.05, 4.69) is 20.8 Å². The van der Waals surface area contributed by atoms with Gasteiger partial charge in [0.25, 0.3) is 5.91 Å². The minimum atomic E-state index is -0.228. The quantitative estimate of drug-likeness (QED) is 0.615. The van der Waals surface area contributed by atoms with E-state index in [4.69, 9.17) is 9.47 Å². The van der Waals surface area contributed by atoms with E-state index in [0.717, 1.165) is 49.4 Å². The molecule has 9 heteroatoms. The van der Waals surface area contributed by atoms with Crippen LogP contribution in [0.25, 0.3) is 0 Å². The van der Waals surface area contributed by atoms with Crippen LogP contribution in [0.5, 0.6) is 5.75 Å². The zero-order chi connectivity index (χ0) is 21.6. The summed E-state index contributed by atoms with van der Waals surface area (Å²) >= 11 is 1.35. The van der Waals surface area contributed by atoms with Crippen LogP contribution in [-0.2, 0) is 9.53 Å². The lowest BCUT2D eigenvalue weighted by atomic mass is 9.87. The number of esters is 1. The maximum atomic E-state index is 12.5. The van der Waals surface area contributed by atoms with Gasteiger partial charge in [-0.15, -0.1) is 10.2 Å². The van der Waals surface area contributed by atoms with Crippen molar-refractivity contribution in [1.29, 1.82) is 0 Å². The van der Waals surface area contributed by atoms with Crippen LogP contribution in [0.1, 0.15) is 61.7 Å². The number of carbonyl (C=O) groups excluding carboxylic acids is 2. The predicted octanol–water partition coefficient (Wildman–Crippen LogP) is 4.26. The van der Waals surface area contributed by atoms with Crippen LogP contribution >= 0.6 is 11.3 Å². The summed E-state index contributed by atoms with van der Waals surface area (Å²) in [5, 5.41) is 15.6. The SMILES string of the molecule is COC(=O)C1CCC(Oc2ccc(C(=O)Nc3nnc(NC4CCCC4)s3)cc2)CC1. The fourth-order valence-electron chi connectivity index (χ4n) is 4.21. The monoisotopic (exact) mass is 444 g/mol. The Kier molecular flexibility index (Phi) is 7.01. The Labute approximate surface area is 185 Å². The van der Waals surface area contributed by atoms with Crippen molar-refractivity contribution in [2.45, 2.75) is 63.5 Å². The summed E-state index contributed by atoms with van der Waals surface area (Å²) in [7, 11) is 1.43. The fraction of sp³-hybridized carbons (Fsp3) is 0.545. The molecule has 2 fully saturated rings.